The molecule has 0 spiro atoms. The van der Waals surface area contributed by atoms with Crippen molar-refractivity contribution >= 4 is 27.5 Å². The molecule has 2 aromatic rings. The minimum Gasteiger partial charge on any atom is -0.355 e. The van der Waals surface area contributed by atoms with Crippen LogP contribution in [0.25, 0.3) is 0 Å². The van der Waals surface area contributed by atoms with Gasteiger partial charge in [0.15, 0.2) is 0 Å². The number of sulfonamides is 1. The van der Waals surface area contributed by atoms with Crippen LogP contribution in [0.4, 0.5) is 10.1 Å². The van der Waals surface area contributed by atoms with Crippen LogP contribution < -0.4 is 15.4 Å². The summed E-state index contributed by atoms with van der Waals surface area (Å²) < 4.78 is 40.7. The third-order valence-electron chi connectivity index (χ3n) is 3.51. The van der Waals surface area contributed by atoms with E-state index in [-0.39, 0.29) is 28.6 Å². The fourth-order valence-corrected chi connectivity index (χ4v) is 3.25. The first kappa shape index (κ1) is 20.4. The number of hydrogen-bond acceptors (Lipinski definition) is 4. The van der Waals surface area contributed by atoms with Crippen LogP contribution in [0, 0.1) is 5.82 Å². The Kier molecular flexibility index (Phi) is 6.89. The van der Waals surface area contributed by atoms with Crippen LogP contribution in [-0.2, 0) is 14.8 Å². The van der Waals surface area contributed by atoms with Crippen LogP contribution in [0.2, 0.25) is 0 Å². The highest BCUT2D eigenvalue weighted by Gasteiger charge is 2.18. The Hall–Kier alpha value is -2.94. The van der Waals surface area contributed by atoms with E-state index in [2.05, 4.69) is 15.4 Å². The molecule has 2 aromatic carbocycles. The van der Waals surface area contributed by atoms with Crippen molar-refractivity contribution in [1.29, 1.82) is 0 Å². The summed E-state index contributed by atoms with van der Waals surface area (Å²) in [4.78, 5) is 23.5. The molecule has 0 aliphatic heterocycles. The number of para-hydroxylation sites is 1. The van der Waals surface area contributed by atoms with E-state index < -0.39 is 21.7 Å². The lowest BCUT2D eigenvalue weighted by atomic mass is 10.2. The van der Waals surface area contributed by atoms with Gasteiger partial charge in [-0.2, -0.15) is 0 Å². The molecule has 27 heavy (non-hydrogen) atoms. The van der Waals surface area contributed by atoms with Gasteiger partial charge in [-0.3, -0.25) is 14.3 Å². The second-order valence-corrected chi connectivity index (χ2v) is 7.33. The maximum absolute atomic E-state index is 13.7. The zero-order valence-electron chi connectivity index (χ0n) is 14.7. The molecule has 0 heterocycles. The van der Waals surface area contributed by atoms with Gasteiger partial charge in [-0.15, -0.1) is 0 Å². The molecule has 2 rings (SSSR count). The van der Waals surface area contributed by atoms with E-state index in [0.29, 0.717) is 6.54 Å². The summed E-state index contributed by atoms with van der Waals surface area (Å²) in [7, 11) is -4.08. The summed E-state index contributed by atoms with van der Waals surface area (Å²) in [6, 6.07) is 10.6. The number of amides is 2. The van der Waals surface area contributed by atoms with Crippen molar-refractivity contribution in [1.82, 2.24) is 10.6 Å². The number of carbonyl (C=O) groups is 2. The first-order valence-corrected chi connectivity index (χ1v) is 9.74. The summed E-state index contributed by atoms with van der Waals surface area (Å²) in [5.74, 6) is -1.65. The molecule has 2 amide bonds. The summed E-state index contributed by atoms with van der Waals surface area (Å²) in [5, 5.41) is 5.03. The van der Waals surface area contributed by atoms with Gasteiger partial charge < -0.3 is 10.6 Å². The second kappa shape index (κ2) is 9.13. The Morgan fingerprint density at radius 3 is 2.48 bits per heavy atom. The SMILES string of the molecule is CCCNC(=O)CNC(=O)c1cccc(S(=O)(=O)Nc2ccccc2F)c1. The smallest absolute Gasteiger partial charge is 0.262 e. The first-order valence-electron chi connectivity index (χ1n) is 8.26. The Morgan fingerprint density at radius 2 is 1.78 bits per heavy atom. The van der Waals surface area contributed by atoms with Gasteiger partial charge in [0.05, 0.1) is 17.1 Å². The number of nitrogens with one attached hydrogen (secondary N) is 3. The van der Waals surface area contributed by atoms with Crippen molar-refractivity contribution in [2.24, 2.45) is 0 Å². The predicted molar refractivity (Wildman–Crippen MR) is 99.3 cm³/mol. The number of anilines is 1. The molecule has 0 aromatic heterocycles. The van der Waals surface area contributed by atoms with E-state index in [1.54, 1.807) is 0 Å². The fraction of sp³-hybridized carbons (Fsp3) is 0.222. The lowest BCUT2D eigenvalue weighted by Crippen LogP contribution is -2.37. The first-order chi connectivity index (χ1) is 12.8. The third kappa shape index (κ3) is 5.78. The Morgan fingerprint density at radius 1 is 1.04 bits per heavy atom. The Bertz CT molecular complexity index is 932. The van der Waals surface area contributed by atoms with E-state index in [1.165, 1.54) is 36.4 Å². The number of hydrogen-bond donors (Lipinski definition) is 3. The van der Waals surface area contributed by atoms with Gasteiger partial charge >= 0.3 is 0 Å². The van der Waals surface area contributed by atoms with Crippen LogP contribution in [0.3, 0.4) is 0 Å². The maximum Gasteiger partial charge on any atom is 0.262 e. The molecule has 7 nitrogen and oxygen atoms in total. The summed E-state index contributed by atoms with van der Waals surface area (Å²) in [6.07, 6.45) is 0.772. The highest BCUT2D eigenvalue weighted by atomic mass is 32.2. The van der Waals surface area contributed by atoms with Crippen molar-refractivity contribution in [3.8, 4) is 0 Å². The number of halogens is 1. The molecular weight excluding hydrogens is 373 g/mol. The maximum atomic E-state index is 13.7. The van der Waals surface area contributed by atoms with Gasteiger partial charge in [-0.25, -0.2) is 12.8 Å². The van der Waals surface area contributed by atoms with Crippen molar-refractivity contribution < 1.29 is 22.4 Å². The van der Waals surface area contributed by atoms with Crippen molar-refractivity contribution in [2.45, 2.75) is 18.2 Å². The molecule has 3 N–H and O–H groups in total. The van der Waals surface area contributed by atoms with Gasteiger partial charge in [0, 0.05) is 12.1 Å². The number of benzene rings is 2. The molecule has 0 unspecified atom stereocenters. The topological polar surface area (TPSA) is 104 Å². The zero-order valence-corrected chi connectivity index (χ0v) is 15.5. The Labute approximate surface area is 157 Å². The Balaban J connectivity index is 2.10. The quantitative estimate of drug-likeness (QED) is 0.637. The van der Waals surface area contributed by atoms with Crippen molar-refractivity contribution in [2.75, 3.05) is 17.8 Å². The van der Waals surface area contributed by atoms with Gasteiger partial charge in [0.25, 0.3) is 15.9 Å². The number of carbonyl (C=O) groups excluding carboxylic acids is 2. The average Bonchev–Trinajstić information content (AvgIpc) is 2.66. The summed E-state index contributed by atoms with van der Waals surface area (Å²) >= 11 is 0. The van der Waals surface area contributed by atoms with E-state index >= 15 is 0 Å². The molecule has 0 saturated heterocycles. The fourth-order valence-electron chi connectivity index (χ4n) is 2.14. The highest BCUT2D eigenvalue weighted by molar-refractivity contribution is 7.92. The largest absolute Gasteiger partial charge is 0.355 e. The number of rotatable bonds is 8. The van der Waals surface area contributed by atoms with Crippen LogP contribution in [0.15, 0.2) is 53.4 Å². The lowest BCUT2D eigenvalue weighted by molar-refractivity contribution is -0.120. The van der Waals surface area contributed by atoms with E-state index in [0.717, 1.165) is 18.6 Å². The molecule has 0 aliphatic carbocycles. The molecule has 0 radical (unpaired) electrons. The molecule has 0 fully saturated rings. The van der Waals surface area contributed by atoms with Crippen molar-refractivity contribution in [3.63, 3.8) is 0 Å². The molecule has 0 atom stereocenters. The lowest BCUT2D eigenvalue weighted by Gasteiger charge is -2.10. The summed E-state index contributed by atoms with van der Waals surface area (Å²) in [6.45, 7) is 2.19. The average molecular weight is 393 g/mol. The van der Waals surface area contributed by atoms with Crippen molar-refractivity contribution in [3.05, 3.63) is 59.9 Å². The summed E-state index contributed by atoms with van der Waals surface area (Å²) in [5.41, 5.74) is -0.130. The van der Waals surface area contributed by atoms with E-state index in [4.69, 9.17) is 0 Å². The predicted octanol–water partition coefficient (Wildman–Crippen LogP) is 1.88. The van der Waals surface area contributed by atoms with E-state index in [1.807, 2.05) is 6.92 Å². The van der Waals surface area contributed by atoms with Crippen LogP contribution >= 0.6 is 0 Å². The molecule has 0 aliphatic rings. The normalized spacial score (nSPS) is 10.9. The monoisotopic (exact) mass is 393 g/mol. The van der Waals surface area contributed by atoms with Gasteiger partial charge in [0.1, 0.15) is 5.82 Å². The minimum absolute atomic E-state index is 0.0645. The van der Waals surface area contributed by atoms with E-state index in [9.17, 15) is 22.4 Å². The molecular formula is C18H20FN3O4S. The molecule has 0 saturated carbocycles. The zero-order chi connectivity index (χ0) is 19.9. The van der Waals surface area contributed by atoms with Gasteiger partial charge in [-0.05, 0) is 36.8 Å². The highest BCUT2D eigenvalue weighted by Crippen LogP contribution is 2.19. The minimum atomic E-state index is -4.08. The van der Waals surface area contributed by atoms with Crippen LogP contribution in [-0.4, -0.2) is 33.3 Å². The van der Waals surface area contributed by atoms with Crippen LogP contribution in [0.1, 0.15) is 23.7 Å². The third-order valence-corrected chi connectivity index (χ3v) is 4.87. The van der Waals surface area contributed by atoms with Gasteiger partial charge in [0.2, 0.25) is 5.91 Å². The molecule has 9 heteroatoms. The van der Waals surface area contributed by atoms with Gasteiger partial charge in [-0.1, -0.05) is 25.1 Å². The standard InChI is InChI=1S/C18H20FN3O4S/c1-2-10-20-17(23)12-21-18(24)13-6-5-7-14(11-13)27(25,26)22-16-9-4-3-8-15(16)19/h3-9,11,22H,2,10,12H2,1H3,(H,20,23)(H,21,24). The van der Waals surface area contributed by atoms with Crippen LogP contribution in [0.5, 0.6) is 0 Å². The molecule has 144 valence electrons. The second-order valence-electron chi connectivity index (χ2n) is 5.65. The molecule has 0 bridgehead atoms.